The van der Waals surface area contributed by atoms with Gasteiger partial charge in [0.15, 0.2) is 0 Å². The Morgan fingerprint density at radius 2 is 0.860 bits per heavy atom. The SMILES string of the molecule is Cc1ccc2c(c1)c1cc(C)ccc1n2-c1ccc(N(c2ccccc2)c2ccc(-c3nc4ccccc4nc3-c3ccccc3)cc2)cc1. The number of nitrogens with zero attached hydrogens (tertiary/aromatic N) is 4. The first-order chi connectivity index (χ1) is 24.6. The van der Waals surface area contributed by atoms with Crippen LogP contribution in [0.3, 0.4) is 0 Å². The summed E-state index contributed by atoms with van der Waals surface area (Å²) in [7, 11) is 0. The van der Waals surface area contributed by atoms with E-state index in [0.29, 0.717) is 0 Å². The van der Waals surface area contributed by atoms with Crippen molar-refractivity contribution in [2.45, 2.75) is 13.8 Å². The van der Waals surface area contributed by atoms with Gasteiger partial charge in [-0.1, -0.05) is 96.1 Å². The summed E-state index contributed by atoms with van der Waals surface area (Å²) in [5.41, 5.74) is 14.9. The van der Waals surface area contributed by atoms with Gasteiger partial charge in [0.05, 0.1) is 33.5 Å². The maximum atomic E-state index is 5.12. The molecule has 0 fully saturated rings. The average molecular weight is 643 g/mol. The van der Waals surface area contributed by atoms with Gasteiger partial charge in [-0.15, -0.1) is 0 Å². The van der Waals surface area contributed by atoms with Gasteiger partial charge in [-0.25, -0.2) is 9.97 Å². The molecule has 4 nitrogen and oxygen atoms in total. The van der Waals surface area contributed by atoms with Crippen LogP contribution in [0.15, 0.2) is 170 Å². The van der Waals surface area contributed by atoms with Crippen LogP contribution < -0.4 is 4.90 Å². The van der Waals surface area contributed by atoms with E-state index in [1.54, 1.807) is 0 Å². The summed E-state index contributed by atoms with van der Waals surface area (Å²) in [6.07, 6.45) is 0. The largest absolute Gasteiger partial charge is 0.311 e. The molecule has 0 unspecified atom stereocenters. The monoisotopic (exact) mass is 642 g/mol. The van der Waals surface area contributed by atoms with Crippen molar-refractivity contribution in [1.29, 1.82) is 0 Å². The predicted molar refractivity (Wildman–Crippen MR) is 209 cm³/mol. The molecule has 0 saturated heterocycles. The predicted octanol–water partition coefficient (Wildman–Crippen LogP) is 12.1. The van der Waals surface area contributed by atoms with E-state index in [1.807, 2.05) is 42.5 Å². The molecule has 7 aromatic carbocycles. The van der Waals surface area contributed by atoms with Crippen molar-refractivity contribution in [3.8, 4) is 28.2 Å². The van der Waals surface area contributed by atoms with Crippen molar-refractivity contribution in [2.24, 2.45) is 0 Å². The number of fused-ring (bicyclic) bond motifs is 4. The van der Waals surface area contributed by atoms with Crippen LogP contribution in [0.5, 0.6) is 0 Å². The van der Waals surface area contributed by atoms with Crippen molar-refractivity contribution in [3.05, 3.63) is 181 Å². The van der Waals surface area contributed by atoms with Crippen molar-refractivity contribution in [2.75, 3.05) is 4.90 Å². The molecule has 0 radical (unpaired) electrons. The molecule has 238 valence electrons. The van der Waals surface area contributed by atoms with Crippen LogP contribution in [0.2, 0.25) is 0 Å². The zero-order valence-electron chi connectivity index (χ0n) is 28.0. The molecule has 0 aliphatic carbocycles. The molecule has 50 heavy (non-hydrogen) atoms. The molecule has 0 N–H and O–H groups in total. The van der Waals surface area contributed by atoms with E-state index >= 15 is 0 Å². The van der Waals surface area contributed by atoms with E-state index in [2.05, 4.69) is 151 Å². The summed E-state index contributed by atoms with van der Waals surface area (Å²) < 4.78 is 2.38. The molecule has 4 heteroatoms. The Hall–Kier alpha value is -6.52. The van der Waals surface area contributed by atoms with E-state index in [0.717, 1.165) is 56.3 Å². The number of hydrogen-bond acceptors (Lipinski definition) is 3. The molecule has 0 amide bonds. The quantitative estimate of drug-likeness (QED) is 0.181. The Kier molecular flexibility index (Phi) is 7.21. The normalized spacial score (nSPS) is 11.4. The van der Waals surface area contributed by atoms with Crippen LogP contribution in [0.1, 0.15) is 11.1 Å². The van der Waals surface area contributed by atoms with Gasteiger partial charge in [0, 0.05) is 44.6 Å². The molecule has 0 aliphatic rings. The number of para-hydroxylation sites is 3. The zero-order valence-corrected chi connectivity index (χ0v) is 28.0. The second kappa shape index (κ2) is 12.2. The molecule has 2 aromatic heterocycles. The molecular weight excluding hydrogens is 609 g/mol. The minimum atomic E-state index is 0.869. The van der Waals surface area contributed by atoms with Gasteiger partial charge in [0.2, 0.25) is 0 Å². The van der Waals surface area contributed by atoms with Crippen molar-refractivity contribution in [3.63, 3.8) is 0 Å². The van der Waals surface area contributed by atoms with Crippen LogP contribution in [-0.4, -0.2) is 14.5 Å². The van der Waals surface area contributed by atoms with Crippen molar-refractivity contribution < 1.29 is 0 Å². The first-order valence-electron chi connectivity index (χ1n) is 17.0. The second-order valence-electron chi connectivity index (χ2n) is 12.9. The van der Waals surface area contributed by atoms with Gasteiger partial charge in [-0.3, -0.25) is 0 Å². The third kappa shape index (κ3) is 5.19. The summed E-state index contributed by atoms with van der Waals surface area (Å²) in [6, 6.07) is 60.0. The lowest BCUT2D eigenvalue weighted by Crippen LogP contribution is -2.10. The number of rotatable bonds is 6. The molecular formula is C46H34N4. The lowest BCUT2D eigenvalue weighted by molar-refractivity contribution is 1.17. The van der Waals surface area contributed by atoms with Crippen LogP contribution in [0.4, 0.5) is 17.1 Å². The highest BCUT2D eigenvalue weighted by Gasteiger charge is 2.17. The van der Waals surface area contributed by atoms with Gasteiger partial charge in [-0.05, 0) is 98.8 Å². The van der Waals surface area contributed by atoms with Gasteiger partial charge < -0.3 is 9.47 Å². The number of anilines is 3. The molecule has 2 heterocycles. The van der Waals surface area contributed by atoms with E-state index in [-0.39, 0.29) is 0 Å². The van der Waals surface area contributed by atoms with E-state index in [9.17, 15) is 0 Å². The molecule has 0 bridgehead atoms. The van der Waals surface area contributed by atoms with E-state index in [1.165, 1.54) is 32.9 Å². The summed E-state index contributed by atoms with van der Waals surface area (Å²) in [5.74, 6) is 0. The molecule has 0 aliphatic heterocycles. The second-order valence-corrected chi connectivity index (χ2v) is 12.9. The van der Waals surface area contributed by atoms with E-state index < -0.39 is 0 Å². The summed E-state index contributed by atoms with van der Waals surface area (Å²) in [5, 5.41) is 2.57. The Labute approximate surface area is 291 Å². The maximum Gasteiger partial charge on any atom is 0.0973 e. The highest BCUT2D eigenvalue weighted by Crippen LogP contribution is 2.39. The summed E-state index contributed by atoms with van der Waals surface area (Å²) in [4.78, 5) is 12.5. The summed E-state index contributed by atoms with van der Waals surface area (Å²) >= 11 is 0. The lowest BCUT2D eigenvalue weighted by Gasteiger charge is -2.26. The minimum Gasteiger partial charge on any atom is -0.311 e. The van der Waals surface area contributed by atoms with Crippen molar-refractivity contribution >= 4 is 49.9 Å². The standard InChI is InChI=1S/C46H34N4/c1-31-17-27-43-39(29-31)40-30-32(2)18-28-44(40)50(43)38-25-23-37(24-26-38)49(35-13-7-4-8-14-35)36-21-19-34(20-22-36)46-45(33-11-5-3-6-12-33)47-41-15-9-10-16-42(41)48-46/h3-30H,1-2H3. The van der Waals surface area contributed by atoms with Crippen LogP contribution in [0.25, 0.3) is 61.0 Å². The Morgan fingerprint density at radius 1 is 0.420 bits per heavy atom. The molecule has 0 spiro atoms. The summed E-state index contributed by atoms with van der Waals surface area (Å²) in [6.45, 7) is 4.32. The molecule has 0 saturated carbocycles. The lowest BCUT2D eigenvalue weighted by atomic mass is 10.0. The van der Waals surface area contributed by atoms with Crippen LogP contribution in [-0.2, 0) is 0 Å². The highest BCUT2D eigenvalue weighted by molar-refractivity contribution is 6.09. The number of benzene rings is 7. The number of hydrogen-bond donors (Lipinski definition) is 0. The highest BCUT2D eigenvalue weighted by atomic mass is 15.1. The fourth-order valence-electron chi connectivity index (χ4n) is 7.07. The average Bonchev–Trinajstić information content (AvgIpc) is 3.48. The number of aromatic nitrogens is 3. The third-order valence-electron chi connectivity index (χ3n) is 9.47. The Bertz CT molecular complexity index is 2580. The van der Waals surface area contributed by atoms with Gasteiger partial charge in [0.1, 0.15) is 0 Å². The first kappa shape index (κ1) is 29.6. The maximum absolute atomic E-state index is 5.12. The fraction of sp³-hybridized carbons (Fsp3) is 0.0435. The van der Waals surface area contributed by atoms with Gasteiger partial charge in [0.25, 0.3) is 0 Å². The van der Waals surface area contributed by atoms with Crippen molar-refractivity contribution in [1.82, 2.24) is 14.5 Å². The smallest absolute Gasteiger partial charge is 0.0973 e. The minimum absolute atomic E-state index is 0.869. The third-order valence-corrected chi connectivity index (χ3v) is 9.47. The molecule has 0 atom stereocenters. The molecule has 9 rings (SSSR count). The zero-order chi connectivity index (χ0) is 33.6. The molecule has 9 aromatic rings. The Balaban J connectivity index is 1.13. The Morgan fingerprint density at radius 3 is 1.40 bits per heavy atom. The first-order valence-corrected chi connectivity index (χ1v) is 17.0. The number of aryl methyl sites for hydroxylation is 2. The van der Waals surface area contributed by atoms with Gasteiger partial charge >= 0.3 is 0 Å². The van der Waals surface area contributed by atoms with Crippen LogP contribution >= 0.6 is 0 Å². The van der Waals surface area contributed by atoms with Gasteiger partial charge in [-0.2, -0.15) is 0 Å². The fourth-order valence-corrected chi connectivity index (χ4v) is 7.07. The van der Waals surface area contributed by atoms with Crippen LogP contribution in [0, 0.1) is 13.8 Å². The topological polar surface area (TPSA) is 34.0 Å². The van der Waals surface area contributed by atoms with E-state index in [4.69, 9.17) is 9.97 Å².